The van der Waals surface area contributed by atoms with E-state index in [1.165, 1.54) is 21.9 Å². The van der Waals surface area contributed by atoms with Gasteiger partial charge in [-0.05, 0) is 63.5 Å². The molecule has 0 aliphatic carbocycles. The zero-order valence-electron chi connectivity index (χ0n) is 19.3. The summed E-state index contributed by atoms with van der Waals surface area (Å²) in [7, 11) is 0. The van der Waals surface area contributed by atoms with E-state index in [1.54, 1.807) is 0 Å². The highest BCUT2D eigenvalue weighted by atomic mass is 16.6. The van der Waals surface area contributed by atoms with E-state index in [0.717, 1.165) is 57.7 Å². The average molecular weight is 426 g/mol. The van der Waals surface area contributed by atoms with E-state index in [0.29, 0.717) is 5.92 Å². The highest BCUT2D eigenvalue weighted by Crippen LogP contribution is 2.38. The van der Waals surface area contributed by atoms with Crippen LogP contribution in [-0.2, 0) is 9.47 Å². The number of aryl methyl sites for hydroxylation is 1. The predicted molar refractivity (Wildman–Crippen MR) is 123 cm³/mol. The second kappa shape index (κ2) is 9.07. The molecule has 2 aliphatic heterocycles. The maximum Gasteiger partial charge on any atom is 0.410 e. The Morgan fingerprint density at radius 2 is 1.71 bits per heavy atom. The fourth-order valence-corrected chi connectivity index (χ4v) is 4.59. The van der Waals surface area contributed by atoms with Gasteiger partial charge in [0.1, 0.15) is 17.5 Å². The quantitative estimate of drug-likeness (QED) is 0.622. The van der Waals surface area contributed by atoms with Crippen molar-refractivity contribution in [2.24, 2.45) is 0 Å². The van der Waals surface area contributed by atoms with E-state index in [1.807, 2.05) is 25.7 Å². The van der Waals surface area contributed by atoms with Crippen molar-refractivity contribution in [2.45, 2.75) is 71.0 Å². The molecule has 1 amide bonds. The molecule has 168 valence electrons. The summed E-state index contributed by atoms with van der Waals surface area (Å²) in [6.07, 6.45) is 3.80. The van der Waals surface area contributed by atoms with Gasteiger partial charge in [0, 0.05) is 31.3 Å². The highest BCUT2D eigenvalue weighted by molar-refractivity contribution is 5.92. The fourth-order valence-electron chi connectivity index (χ4n) is 4.59. The van der Waals surface area contributed by atoms with Crippen LogP contribution in [0.3, 0.4) is 0 Å². The number of fused-ring (bicyclic) bond motifs is 1. The van der Waals surface area contributed by atoms with Gasteiger partial charge in [-0.1, -0.05) is 29.8 Å². The van der Waals surface area contributed by atoms with Crippen LogP contribution in [0.1, 0.15) is 63.5 Å². The molecule has 2 aromatic rings. The number of benzene rings is 2. The SMILES string of the molecule is Cc1ccc2c(OC3CCOCC3)ccc(C3CCN(C(=O)OC(C)(C)C)CC3)c2c1. The lowest BCUT2D eigenvalue weighted by Gasteiger charge is -2.34. The molecule has 0 radical (unpaired) electrons. The van der Waals surface area contributed by atoms with Crippen LogP contribution in [0.25, 0.3) is 10.8 Å². The zero-order valence-corrected chi connectivity index (χ0v) is 19.3. The van der Waals surface area contributed by atoms with Crippen LogP contribution in [0.4, 0.5) is 4.79 Å². The maximum atomic E-state index is 12.4. The minimum absolute atomic E-state index is 0.202. The minimum Gasteiger partial charge on any atom is -0.490 e. The summed E-state index contributed by atoms with van der Waals surface area (Å²) in [4.78, 5) is 14.3. The number of amides is 1. The van der Waals surface area contributed by atoms with E-state index in [4.69, 9.17) is 14.2 Å². The van der Waals surface area contributed by atoms with Gasteiger partial charge in [0.05, 0.1) is 13.2 Å². The van der Waals surface area contributed by atoms with Gasteiger partial charge in [0.15, 0.2) is 0 Å². The van der Waals surface area contributed by atoms with Crippen molar-refractivity contribution in [3.05, 3.63) is 41.5 Å². The third kappa shape index (κ3) is 5.32. The number of nitrogens with zero attached hydrogens (tertiary/aromatic N) is 1. The van der Waals surface area contributed by atoms with Crippen LogP contribution in [0, 0.1) is 6.92 Å². The molecule has 0 saturated carbocycles. The Kier molecular flexibility index (Phi) is 6.42. The molecule has 0 spiro atoms. The highest BCUT2D eigenvalue weighted by Gasteiger charge is 2.28. The van der Waals surface area contributed by atoms with E-state index in [2.05, 4.69) is 37.3 Å². The normalized spacial score (nSPS) is 18.9. The molecule has 2 saturated heterocycles. The first kappa shape index (κ1) is 21.9. The molecule has 31 heavy (non-hydrogen) atoms. The molecule has 2 fully saturated rings. The summed E-state index contributed by atoms with van der Waals surface area (Å²) < 4.78 is 17.4. The maximum absolute atomic E-state index is 12.4. The first-order valence-electron chi connectivity index (χ1n) is 11.6. The van der Waals surface area contributed by atoms with Crippen molar-refractivity contribution in [3.63, 3.8) is 0 Å². The van der Waals surface area contributed by atoms with Gasteiger partial charge in [0.25, 0.3) is 0 Å². The van der Waals surface area contributed by atoms with Crippen molar-refractivity contribution in [3.8, 4) is 5.75 Å². The van der Waals surface area contributed by atoms with Crippen LogP contribution in [-0.4, -0.2) is 49.0 Å². The molecule has 2 aromatic carbocycles. The van der Waals surface area contributed by atoms with Gasteiger partial charge in [-0.3, -0.25) is 0 Å². The smallest absolute Gasteiger partial charge is 0.410 e. The Morgan fingerprint density at radius 1 is 1.00 bits per heavy atom. The van der Waals surface area contributed by atoms with Gasteiger partial charge >= 0.3 is 6.09 Å². The largest absolute Gasteiger partial charge is 0.490 e. The molecule has 0 unspecified atom stereocenters. The van der Waals surface area contributed by atoms with Gasteiger partial charge in [0.2, 0.25) is 0 Å². The van der Waals surface area contributed by atoms with Gasteiger partial charge in [-0.2, -0.15) is 0 Å². The Labute approximate surface area is 185 Å². The lowest BCUT2D eigenvalue weighted by Crippen LogP contribution is -2.41. The molecule has 0 atom stereocenters. The van der Waals surface area contributed by atoms with E-state index in [9.17, 15) is 4.79 Å². The van der Waals surface area contributed by atoms with Gasteiger partial charge < -0.3 is 19.1 Å². The van der Waals surface area contributed by atoms with Crippen molar-refractivity contribution in [1.29, 1.82) is 0 Å². The van der Waals surface area contributed by atoms with E-state index < -0.39 is 5.60 Å². The minimum atomic E-state index is -0.456. The van der Waals surface area contributed by atoms with Gasteiger partial charge in [-0.25, -0.2) is 4.79 Å². The Morgan fingerprint density at radius 3 is 2.39 bits per heavy atom. The number of ether oxygens (including phenoxy) is 3. The number of hydrogen-bond donors (Lipinski definition) is 0. The summed E-state index contributed by atoms with van der Waals surface area (Å²) >= 11 is 0. The number of rotatable bonds is 3. The molecule has 2 aliphatic rings. The molecule has 0 N–H and O–H groups in total. The molecule has 4 rings (SSSR count). The Hall–Kier alpha value is -2.27. The van der Waals surface area contributed by atoms with Crippen LogP contribution in [0.5, 0.6) is 5.75 Å². The number of piperidine rings is 1. The zero-order chi connectivity index (χ0) is 22.0. The predicted octanol–water partition coefficient (Wildman–Crippen LogP) is 5.82. The molecule has 2 heterocycles. The lowest BCUT2D eigenvalue weighted by molar-refractivity contribution is 0.0205. The molecule has 0 aromatic heterocycles. The number of carbonyl (C=O) groups excluding carboxylic acids is 1. The monoisotopic (exact) mass is 425 g/mol. The van der Waals surface area contributed by atoms with Crippen LogP contribution >= 0.6 is 0 Å². The van der Waals surface area contributed by atoms with E-state index >= 15 is 0 Å². The number of carbonyl (C=O) groups is 1. The summed E-state index contributed by atoms with van der Waals surface area (Å²) in [5.41, 5.74) is 2.16. The summed E-state index contributed by atoms with van der Waals surface area (Å²) in [5.74, 6) is 1.40. The van der Waals surface area contributed by atoms with Crippen LogP contribution in [0.2, 0.25) is 0 Å². The first-order chi connectivity index (χ1) is 14.8. The van der Waals surface area contributed by atoms with Crippen molar-refractivity contribution < 1.29 is 19.0 Å². The molecule has 5 heteroatoms. The van der Waals surface area contributed by atoms with Crippen molar-refractivity contribution in [1.82, 2.24) is 4.90 Å². The summed E-state index contributed by atoms with van der Waals surface area (Å²) in [6.45, 7) is 10.9. The summed E-state index contributed by atoms with van der Waals surface area (Å²) in [6, 6.07) is 11.0. The number of likely N-dealkylation sites (tertiary alicyclic amines) is 1. The Balaban J connectivity index is 1.52. The standard InChI is InChI=1S/C26H35NO4/c1-18-5-6-22-23(17-18)21(7-8-24(22)30-20-11-15-29-16-12-20)19-9-13-27(14-10-19)25(28)31-26(2,3)4/h5-8,17,19-20H,9-16H2,1-4H3. The average Bonchev–Trinajstić information content (AvgIpc) is 2.73. The molecular formula is C26H35NO4. The third-order valence-corrected chi connectivity index (χ3v) is 6.21. The second-order valence-corrected chi connectivity index (χ2v) is 9.87. The van der Waals surface area contributed by atoms with E-state index in [-0.39, 0.29) is 12.2 Å². The topological polar surface area (TPSA) is 48.0 Å². The Bertz CT molecular complexity index is 919. The fraction of sp³-hybridized carbons (Fsp3) is 0.577. The second-order valence-electron chi connectivity index (χ2n) is 9.87. The summed E-state index contributed by atoms with van der Waals surface area (Å²) in [5, 5.41) is 2.46. The van der Waals surface area contributed by atoms with Crippen molar-refractivity contribution >= 4 is 16.9 Å². The number of hydrogen-bond acceptors (Lipinski definition) is 4. The van der Waals surface area contributed by atoms with Gasteiger partial charge in [-0.15, -0.1) is 0 Å². The molecule has 5 nitrogen and oxygen atoms in total. The third-order valence-electron chi connectivity index (χ3n) is 6.21. The van der Waals surface area contributed by atoms with Crippen molar-refractivity contribution in [2.75, 3.05) is 26.3 Å². The first-order valence-corrected chi connectivity index (χ1v) is 11.6. The molecular weight excluding hydrogens is 390 g/mol. The molecule has 0 bridgehead atoms. The van der Waals surface area contributed by atoms with Crippen LogP contribution in [0.15, 0.2) is 30.3 Å². The van der Waals surface area contributed by atoms with Crippen LogP contribution < -0.4 is 4.74 Å². The lowest BCUT2D eigenvalue weighted by atomic mass is 9.86.